The van der Waals surface area contributed by atoms with E-state index in [1.807, 2.05) is 0 Å². The molecule has 0 aliphatic carbocycles. The van der Waals surface area contributed by atoms with Gasteiger partial charge >= 0.3 is 0 Å². The molecule has 0 atom stereocenters. The molecule has 24 heavy (non-hydrogen) atoms. The lowest BCUT2D eigenvalue weighted by atomic mass is 10.1. The Morgan fingerprint density at radius 3 is 3.04 bits per heavy atom. The van der Waals surface area contributed by atoms with Gasteiger partial charge < -0.3 is 4.74 Å². The summed E-state index contributed by atoms with van der Waals surface area (Å²) in [6.45, 7) is 0.466. The number of anilines is 1. The maximum atomic E-state index is 13.8. The van der Waals surface area contributed by atoms with E-state index in [9.17, 15) is 12.8 Å². The molecule has 0 amide bonds. The van der Waals surface area contributed by atoms with Crippen LogP contribution in [0.5, 0.6) is 5.75 Å². The van der Waals surface area contributed by atoms with Crippen molar-refractivity contribution in [1.29, 1.82) is 0 Å². The van der Waals surface area contributed by atoms with Crippen molar-refractivity contribution < 1.29 is 17.5 Å². The zero-order valence-electron chi connectivity index (χ0n) is 12.4. The third-order valence-corrected chi connectivity index (χ3v) is 5.15. The quantitative estimate of drug-likeness (QED) is 0.782. The molecule has 9 heteroatoms. The van der Waals surface area contributed by atoms with Crippen LogP contribution < -0.4 is 9.46 Å². The number of benzene rings is 1. The van der Waals surface area contributed by atoms with Gasteiger partial charge in [0.2, 0.25) is 0 Å². The van der Waals surface area contributed by atoms with Gasteiger partial charge in [0.15, 0.2) is 0 Å². The largest absolute Gasteiger partial charge is 0.491 e. The average Bonchev–Trinajstić information content (AvgIpc) is 2.99. The average molecular weight is 348 g/mol. The van der Waals surface area contributed by atoms with Crippen molar-refractivity contribution in [3.8, 4) is 5.75 Å². The van der Waals surface area contributed by atoms with Gasteiger partial charge in [-0.25, -0.2) is 12.8 Å². The van der Waals surface area contributed by atoms with Gasteiger partial charge in [0.05, 0.1) is 18.5 Å². The zero-order valence-corrected chi connectivity index (χ0v) is 13.3. The lowest BCUT2D eigenvalue weighted by molar-refractivity contribution is 0.289. The molecule has 1 aliphatic rings. The summed E-state index contributed by atoms with van der Waals surface area (Å²) in [7, 11) is -3.97. The van der Waals surface area contributed by atoms with Crippen molar-refractivity contribution in [3.05, 3.63) is 48.0 Å². The van der Waals surface area contributed by atoms with E-state index in [1.165, 1.54) is 23.1 Å². The summed E-state index contributed by atoms with van der Waals surface area (Å²) >= 11 is 0. The summed E-state index contributed by atoms with van der Waals surface area (Å²) in [6, 6.07) is 5.69. The second-order valence-electron chi connectivity index (χ2n) is 5.41. The van der Waals surface area contributed by atoms with Crippen LogP contribution >= 0.6 is 0 Å². The molecule has 0 unspecified atom stereocenters. The van der Waals surface area contributed by atoms with Crippen molar-refractivity contribution in [2.45, 2.75) is 17.7 Å². The molecule has 124 valence electrons. The molecule has 0 spiro atoms. The van der Waals surface area contributed by atoms with E-state index >= 15 is 0 Å². The maximum absolute atomic E-state index is 13.8. The van der Waals surface area contributed by atoms with E-state index < -0.39 is 15.8 Å². The molecule has 0 fully saturated rings. The number of hydrogen-bond acceptors (Lipinski definition) is 5. The fourth-order valence-electron chi connectivity index (χ4n) is 2.74. The van der Waals surface area contributed by atoms with Gasteiger partial charge in [-0.2, -0.15) is 14.8 Å². The Kier molecular flexibility index (Phi) is 3.38. The van der Waals surface area contributed by atoms with Crippen LogP contribution in [0.15, 0.2) is 41.6 Å². The number of nitrogens with one attached hydrogen (secondary N) is 1. The number of aryl methyl sites for hydroxylation is 1. The number of hydrogen-bond donors (Lipinski definition) is 1. The second-order valence-corrected chi connectivity index (χ2v) is 7.06. The van der Waals surface area contributed by atoms with Gasteiger partial charge in [0.25, 0.3) is 10.0 Å². The molecule has 1 aromatic carbocycles. The maximum Gasteiger partial charge on any atom is 0.265 e. The van der Waals surface area contributed by atoms with Gasteiger partial charge in [-0.3, -0.25) is 4.72 Å². The van der Waals surface area contributed by atoms with Crippen LogP contribution in [0.2, 0.25) is 0 Å². The highest BCUT2D eigenvalue weighted by Gasteiger charge is 2.24. The fourth-order valence-corrected chi connectivity index (χ4v) is 3.90. The standard InChI is InChI=1S/C15H13FN4O3S/c16-11-7-10-3-2-6-23-15(10)12(8-11)19-24(21,22)14-9-18-20-13(14)4-1-5-17-20/h1,4-5,7-9,19H,2-3,6H2. The minimum atomic E-state index is -3.97. The summed E-state index contributed by atoms with van der Waals surface area (Å²) in [5.41, 5.74) is 1.07. The topological polar surface area (TPSA) is 85.6 Å². The molecule has 0 radical (unpaired) electrons. The monoisotopic (exact) mass is 348 g/mol. The van der Waals surface area contributed by atoms with Crippen LogP contribution in [0, 0.1) is 5.82 Å². The molecule has 4 rings (SSSR count). The van der Waals surface area contributed by atoms with Crippen LogP contribution in [0.1, 0.15) is 12.0 Å². The van der Waals surface area contributed by atoms with Crippen LogP contribution in [-0.4, -0.2) is 29.9 Å². The minimum Gasteiger partial charge on any atom is -0.491 e. The van der Waals surface area contributed by atoms with E-state index in [2.05, 4.69) is 14.9 Å². The smallest absolute Gasteiger partial charge is 0.265 e. The van der Waals surface area contributed by atoms with E-state index in [1.54, 1.807) is 12.1 Å². The molecule has 1 N–H and O–H groups in total. The van der Waals surface area contributed by atoms with E-state index in [4.69, 9.17) is 4.74 Å². The van der Waals surface area contributed by atoms with Gasteiger partial charge in [-0.1, -0.05) is 0 Å². The Morgan fingerprint density at radius 2 is 2.17 bits per heavy atom. The van der Waals surface area contributed by atoms with E-state index in [0.717, 1.165) is 12.5 Å². The molecule has 0 bridgehead atoms. The molecule has 0 saturated heterocycles. The molecule has 7 nitrogen and oxygen atoms in total. The van der Waals surface area contributed by atoms with Crippen molar-refractivity contribution >= 4 is 21.2 Å². The molecule has 2 aromatic heterocycles. The summed E-state index contributed by atoms with van der Waals surface area (Å²) in [4.78, 5) is -0.0376. The number of aromatic nitrogens is 3. The predicted molar refractivity (Wildman–Crippen MR) is 84.0 cm³/mol. The second kappa shape index (κ2) is 5.45. The molecule has 1 aliphatic heterocycles. The number of halogens is 1. The number of rotatable bonds is 3. The van der Waals surface area contributed by atoms with Crippen molar-refractivity contribution in [1.82, 2.24) is 14.8 Å². The Bertz CT molecular complexity index is 1030. The highest BCUT2D eigenvalue weighted by molar-refractivity contribution is 7.93. The van der Waals surface area contributed by atoms with E-state index in [0.29, 0.717) is 29.9 Å². The summed E-state index contributed by atoms with van der Waals surface area (Å²) in [5, 5.41) is 7.85. The van der Waals surface area contributed by atoms with Gasteiger partial charge in [-0.05, 0) is 36.6 Å². The molecule has 3 aromatic rings. The third-order valence-electron chi connectivity index (χ3n) is 3.77. The van der Waals surface area contributed by atoms with Crippen molar-refractivity contribution in [2.24, 2.45) is 0 Å². The number of ether oxygens (including phenoxy) is 1. The first-order chi connectivity index (χ1) is 11.5. The van der Waals surface area contributed by atoms with Crippen LogP contribution in [0.3, 0.4) is 0 Å². The minimum absolute atomic E-state index is 0.0376. The van der Waals surface area contributed by atoms with Crippen molar-refractivity contribution in [2.75, 3.05) is 11.3 Å². The van der Waals surface area contributed by atoms with Gasteiger partial charge in [0.1, 0.15) is 22.0 Å². The zero-order chi connectivity index (χ0) is 16.7. The number of sulfonamides is 1. The Labute approximate surface area is 137 Å². The summed E-state index contributed by atoms with van der Waals surface area (Å²) in [5.74, 6) is -0.140. The van der Waals surface area contributed by atoms with Crippen LogP contribution in [0.4, 0.5) is 10.1 Å². The van der Waals surface area contributed by atoms with E-state index in [-0.39, 0.29) is 10.6 Å². The molecular weight excluding hydrogens is 335 g/mol. The molecule has 0 saturated carbocycles. The van der Waals surface area contributed by atoms with Gasteiger partial charge in [-0.15, -0.1) is 0 Å². The molecular formula is C15H13FN4O3S. The van der Waals surface area contributed by atoms with Crippen molar-refractivity contribution in [3.63, 3.8) is 0 Å². The first kappa shape index (κ1) is 14.9. The first-order valence-electron chi connectivity index (χ1n) is 7.32. The summed E-state index contributed by atoms with van der Waals surface area (Å²) in [6.07, 6.45) is 4.11. The molecule has 3 heterocycles. The number of fused-ring (bicyclic) bond motifs is 2. The van der Waals surface area contributed by atoms with Crippen LogP contribution in [-0.2, 0) is 16.4 Å². The predicted octanol–water partition coefficient (Wildman–Crippen LogP) is 1.99. The Hall–Kier alpha value is -2.68. The highest BCUT2D eigenvalue weighted by atomic mass is 32.2. The van der Waals surface area contributed by atoms with Crippen LogP contribution in [0.25, 0.3) is 5.52 Å². The highest BCUT2D eigenvalue weighted by Crippen LogP contribution is 2.35. The SMILES string of the molecule is O=S(=O)(Nc1cc(F)cc2c1OCCC2)c1cnn2ncccc12. The normalized spacial score (nSPS) is 14.2. The lowest BCUT2D eigenvalue weighted by Crippen LogP contribution is -2.17. The van der Waals surface area contributed by atoms with Gasteiger partial charge in [0, 0.05) is 12.3 Å². The first-order valence-corrected chi connectivity index (χ1v) is 8.80. The Balaban J connectivity index is 1.79. The number of nitrogens with zero attached hydrogens (tertiary/aromatic N) is 3. The fraction of sp³-hybridized carbons (Fsp3) is 0.200. The Morgan fingerprint density at radius 1 is 1.29 bits per heavy atom. The third kappa shape index (κ3) is 2.46. The summed E-state index contributed by atoms with van der Waals surface area (Å²) < 4.78 is 48.4. The lowest BCUT2D eigenvalue weighted by Gasteiger charge is -2.21.